The maximum Gasteiger partial charge on any atom is 0.143 e. The highest BCUT2D eigenvalue weighted by molar-refractivity contribution is 5.35. The highest BCUT2D eigenvalue weighted by Crippen LogP contribution is 2.14. The standard InChI is InChI=1S/C14H16F2N4/c1-2-3-12-8-14(20-17)19-13(18-12)6-9-4-10(15)7-11(16)5-9/h4-5,7-8H,2-3,6,17H2,1H3,(H,18,19,20). The van der Waals surface area contributed by atoms with Gasteiger partial charge in [-0.05, 0) is 24.1 Å². The van der Waals surface area contributed by atoms with E-state index >= 15 is 0 Å². The Morgan fingerprint density at radius 3 is 2.40 bits per heavy atom. The number of aryl methyl sites for hydroxylation is 1. The number of hydrogen-bond donors (Lipinski definition) is 2. The molecule has 1 aromatic heterocycles. The van der Waals surface area contributed by atoms with Crippen LogP contribution >= 0.6 is 0 Å². The first-order valence-corrected chi connectivity index (χ1v) is 6.39. The molecule has 0 bridgehead atoms. The van der Waals surface area contributed by atoms with Crippen molar-refractivity contribution in [1.82, 2.24) is 9.97 Å². The molecule has 2 aromatic rings. The monoisotopic (exact) mass is 278 g/mol. The summed E-state index contributed by atoms with van der Waals surface area (Å²) in [6.07, 6.45) is 1.98. The molecular weight excluding hydrogens is 262 g/mol. The van der Waals surface area contributed by atoms with Crippen LogP contribution < -0.4 is 11.3 Å². The molecule has 106 valence electrons. The first kappa shape index (κ1) is 14.3. The van der Waals surface area contributed by atoms with Gasteiger partial charge in [0.05, 0.1) is 0 Å². The van der Waals surface area contributed by atoms with Crippen LogP contribution in [0.5, 0.6) is 0 Å². The lowest BCUT2D eigenvalue weighted by Crippen LogP contribution is -2.12. The number of nitrogen functional groups attached to an aromatic ring is 1. The Morgan fingerprint density at radius 2 is 1.80 bits per heavy atom. The smallest absolute Gasteiger partial charge is 0.143 e. The van der Waals surface area contributed by atoms with Crippen LogP contribution in [0, 0.1) is 11.6 Å². The summed E-state index contributed by atoms with van der Waals surface area (Å²) in [7, 11) is 0. The van der Waals surface area contributed by atoms with Gasteiger partial charge in [-0.15, -0.1) is 0 Å². The molecule has 0 saturated heterocycles. The Balaban J connectivity index is 2.29. The van der Waals surface area contributed by atoms with Crippen LogP contribution in [0.15, 0.2) is 24.3 Å². The lowest BCUT2D eigenvalue weighted by molar-refractivity contribution is 0.580. The van der Waals surface area contributed by atoms with Gasteiger partial charge in [0.15, 0.2) is 0 Å². The molecule has 0 unspecified atom stereocenters. The van der Waals surface area contributed by atoms with Crippen molar-refractivity contribution in [1.29, 1.82) is 0 Å². The molecule has 6 heteroatoms. The SMILES string of the molecule is CCCc1cc(NN)nc(Cc2cc(F)cc(F)c2)n1. The predicted molar refractivity (Wildman–Crippen MR) is 73.0 cm³/mol. The number of rotatable bonds is 5. The van der Waals surface area contributed by atoms with Crippen molar-refractivity contribution in [2.24, 2.45) is 5.84 Å². The Labute approximate surface area is 116 Å². The molecule has 0 atom stereocenters. The molecule has 3 N–H and O–H groups in total. The summed E-state index contributed by atoms with van der Waals surface area (Å²) in [6, 6.07) is 5.15. The minimum Gasteiger partial charge on any atom is -0.308 e. The molecule has 0 amide bonds. The molecule has 0 fully saturated rings. The number of nitrogens with one attached hydrogen (secondary N) is 1. The van der Waals surface area contributed by atoms with Gasteiger partial charge in [-0.25, -0.2) is 24.6 Å². The first-order valence-electron chi connectivity index (χ1n) is 6.39. The maximum absolute atomic E-state index is 13.2. The van der Waals surface area contributed by atoms with Crippen molar-refractivity contribution >= 4 is 5.82 Å². The summed E-state index contributed by atoms with van der Waals surface area (Å²) >= 11 is 0. The third-order valence-electron chi connectivity index (χ3n) is 2.76. The van der Waals surface area contributed by atoms with E-state index in [1.165, 1.54) is 12.1 Å². The van der Waals surface area contributed by atoms with E-state index in [1.54, 1.807) is 6.07 Å². The van der Waals surface area contributed by atoms with Gasteiger partial charge in [-0.2, -0.15) is 0 Å². The van der Waals surface area contributed by atoms with E-state index in [1.807, 2.05) is 6.92 Å². The van der Waals surface area contributed by atoms with Crippen LogP contribution in [0.4, 0.5) is 14.6 Å². The van der Waals surface area contributed by atoms with Gasteiger partial charge in [0, 0.05) is 24.2 Å². The van der Waals surface area contributed by atoms with Gasteiger partial charge in [0.2, 0.25) is 0 Å². The van der Waals surface area contributed by atoms with E-state index in [0.29, 0.717) is 17.2 Å². The van der Waals surface area contributed by atoms with Crippen molar-refractivity contribution in [3.63, 3.8) is 0 Å². The fourth-order valence-electron chi connectivity index (χ4n) is 1.98. The molecule has 0 aliphatic carbocycles. The Bertz CT molecular complexity index is 581. The zero-order chi connectivity index (χ0) is 14.5. The lowest BCUT2D eigenvalue weighted by atomic mass is 10.1. The van der Waals surface area contributed by atoms with E-state index in [0.717, 1.165) is 24.6 Å². The number of anilines is 1. The summed E-state index contributed by atoms with van der Waals surface area (Å²) < 4.78 is 26.3. The van der Waals surface area contributed by atoms with Gasteiger partial charge in [-0.1, -0.05) is 13.3 Å². The summed E-state index contributed by atoms with van der Waals surface area (Å²) in [4.78, 5) is 8.57. The first-order chi connectivity index (χ1) is 9.60. The van der Waals surface area contributed by atoms with Crippen molar-refractivity contribution in [2.75, 3.05) is 5.43 Å². The number of hydrazine groups is 1. The van der Waals surface area contributed by atoms with Crippen molar-refractivity contribution in [2.45, 2.75) is 26.2 Å². The van der Waals surface area contributed by atoms with Gasteiger partial charge in [0.1, 0.15) is 23.3 Å². The summed E-state index contributed by atoms with van der Waals surface area (Å²) in [5.74, 6) is 5.12. The predicted octanol–water partition coefficient (Wildman–Crippen LogP) is 2.58. The maximum atomic E-state index is 13.2. The van der Waals surface area contributed by atoms with Crippen LogP contribution in [0.25, 0.3) is 0 Å². The number of benzene rings is 1. The van der Waals surface area contributed by atoms with Crippen LogP contribution in [-0.2, 0) is 12.8 Å². The zero-order valence-electron chi connectivity index (χ0n) is 11.2. The summed E-state index contributed by atoms with van der Waals surface area (Å²) in [5, 5.41) is 0. The molecule has 0 saturated carbocycles. The quantitative estimate of drug-likeness (QED) is 0.652. The highest BCUT2D eigenvalue weighted by atomic mass is 19.1. The van der Waals surface area contributed by atoms with Crippen LogP contribution in [0.2, 0.25) is 0 Å². The van der Waals surface area contributed by atoms with Crippen LogP contribution in [-0.4, -0.2) is 9.97 Å². The molecule has 1 aromatic carbocycles. The second-order valence-corrected chi connectivity index (χ2v) is 4.51. The lowest BCUT2D eigenvalue weighted by Gasteiger charge is -2.07. The Morgan fingerprint density at radius 1 is 1.10 bits per heavy atom. The molecule has 0 aliphatic rings. The van der Waals surface area contributed by atoms with E-state index in [-0.39, 0.29) is 6.42 Å². The normalized spacial score (nSPS) is 10.6. The Hall–Kier alpha value is -2.08. The highest BCUT2D eigenvalue weighted by Gasteiger charge is 2.07. The molecule has 4 nitrogen and oxygen atoms in total. The molecule has 0 aliphatic heterocycles. The number of aromatic nitrogens is 2. The number of nitrogens with zero attached hydrogens (tertiary/aromatic N) is 2. The summed E-state index contributed by atoms with van der Waals surface area (Å²) in [5.41, 5.74) is 3.81. The molecule has 2 rings (SSSR count). The van der Waals surface area contributed by atoms with Gasteiger partial charge >= 0.3 is 0 Å². The summed E-state index contributed by atoms with van der Waals surface area (Å²) in [6.45, 7) is 2.04. The topological polar surface area (TPSA) is 63.8 Å². The van der Waals surface area contributed by atoms with Crippen LogP contribution in [0.1, 0.15) is 30.4 Å². The second kappa shape index (κ2) is 6.38. The number of hydrogen-bond acceptors (Lipinski definition) is 4. The van der Waals surface area contributed by atoms with Gasteiger partial charge < -0.3 is 5.43 Å². The number of nitrogens with two attached hydrogens (primary N) is 1. The van der Waals surface area contributed by atoms with Crippen molar-refractivity contribution in [3.05, 3.63) is 53.0 Å². The zero-order valence-corrected chi connectivity index (χ0v) is 11.2. The van der Waals surface area contributed by atoms with Crippen molar-refractivity contribution in [3.8, 4) is 0 Å². The fourth-order valence-corrected chi connectivity index (χ4v) is 1.98. The molecule has 20 heavy (non-hydrogen) atoms. The van der Waals surface area contributed by atoms with E-state index in [9.17, 15) is 8.78 Å². The van der Waals surface area contributed by atoms with E-state index in [2.05, 4.69) is 15.4 Å². The molecule has 1 heterocycles. The van der Waals surface area contributed by atoms with E-state index in [4.69, 9.17) is 5.84 Å². The average molecular weight is 278 g/mol. The number of halogens is 2. The van der Waals surface area contributed by atoms with Gasteiger partial charge in [-0.3, -0.25) is 0 Å². The third-order valence-corrected chi connectivity index (χ3v) is 2.76. The molecule has 0 radical (unpaired) electrons. The minimum atomic E-state index is -0.609. The molecule has 0 spiro atoms. The second-order valence-electron chi connectivity index (χ2n) is 4.51. The Kier molecular flexibility index (Phi) is 4.57. The third kappa shape index (κ3) is 3.71. The average Bonchev–Trinajstić information content (AvgIpc) is 2.37. The molecular formula is C14H16F2N4. The van der Waals surface area contributed by atoms with Crippen LogP contribution in [0.3, 0.4) is 0 Å². The van der Waals surface area contributed by atoms with Crippen molar-refractivity contribution < 1.29 is 8.78 Å². The fraction of sp³-hybridized carbons (Fsp3) is 0.286. The largest absolute Gasteiger partial charge is 0.308 e. The minimum absolute atomic E-state index is 0.251. The van der Waals surface area contributed by atoms with E-state index < -0.39 is 11.6 Å². The van der Waals surface area contributed by atoms with Gasteiger partial charge in [0.25, 0.3) is 0 Å².